The molecule has 0 saturated carbocycles. The normalized spacial score (nSPS) is 24.5. The van der Waals surface area contributed by atoms with E-state index in [9.17, 15) is 0 Å². The topological polar surface area (TPSA) is 29.3 Å². The summed E-state index contributed by atoms with van der Waals surface area (Å²) in [4.78, 5) is 2.39. The fraction of sp³-hybridized carbons (Fsp3) is 1.00. The first-order chi connectivity index (χ1) is 5.88. The predicted molar refractivity (Wildman–Crippen MR) is 55.0 cm³/mol. The lowest BCUT2D eigenvalue weighted by Gasteiger charge is -2.33. The monoisotopic (exact) mass is 172 g/mol. The van der Waals surface area contributed by atoms with E-state index < -0.39 is 0 Å². The van der Waals surface area contributed by atoms with E-state index in [1.165, 1.54) is 32.2 Å². The van der Waals surface area contributed by atoms with E-state index in [-0.39, 0.29) is 0 Å². The largest absolute Gasteiger partial charge is 0.318 e. The van der Waals surface area contributed by atoms with E-state index in [0.29, 0.717) is 0 Å². The molecule has 0 bridgehead atoms. The molecule has 0 aromatic rings. The number of nitrogens with two attached hydrogens (primary N) is 1. The van der Waals surface area contributed by atoms with Crippen molar-refractivity contribution in [1.82, 2.24) is 4.90 Å². The summed E-state index contributed by atoms with van der Waals surface area (Å²) >= 11 is 0. The second-order valence-corrected chi connectivity index (χ2v) is 3.05. The van der Waals surface area contributed by atoms with Crippen molar-refractivity contribution in [2.75, 3.05) is 13.2 Å². The molecule has 1 aliphatic heterocycles. The van der Waals surface area contributed by atoms with E-state index >= 15 is 0 Å². The molecule has 12 heavy (non-hydrogen) atoms. The van der Waals surface area contributed by atoms with Gasteiger partial charge in [0.1, 0.15) is 0 Å². The van der Waals surface area contributed by atoms with Gasteiger partial charge in [0, 0.05) is 12.7 Å². The van der Waals surface area contributed by atoms with Gasteiger partial charge in [-0.2, -0.15) is 0 Å². The van der Waals surface area contributed by atoms with E-state index in [0.717, 1.165) is 12.7 Å². The van der Waals surface area contributed by atoms with Crippen molar-refractivity contribution >= 4 is 0 Å². The molecule has 1 fully saturated rings. The van der Waals surface area contributed by atoms with Crippen LogP contribution in [0.5, 0.6) is 0 Å². The molecule has 1 heterocycles. The van der Waals surface area contributed by atoms with Crippen LogP contribution in [0.25, 0.3) is 0 Å². The van der Waals surface area contributed by atoms with Gasteiger partial charge in [-0.3, -0.25) is 4.90 Å². The van der Waals surface area contributed by atoms with Gasteiger partial charge in [0.05, 0.1) is 0 Å². The van der Waals surface area contributed by atoms with E-state index in [4.69, 9.17) is 5.73 Å². The Bertz CT molecular complexity index is 81.8. The highest BCUT2D eigenvalue weighted by molar-refractivity contribution is 4.73. The van der Waals surface area contributed by atoms with Crippen LogP contribution in [0.1, 0.15) is 46.5 Å². The van der Waals surface area contributed by atoms with Gasteiger partial charge in [-0.1, -0.05) is 27.2 Å². The molecule has 2 nitrogen and oxygen atoms in total. The first-order valence-electron chi connectivity index (χ1n) is 5.32. The molecule has 1 aliphatic rings. The highest BCUT2D eigenvalue weighted by atomic mass is 15.2. The van der Waals surface area contributed by atoms with Crippen molar-refractivity contribution in [2.45, 2.75) is 52.5 Å². The summed E-state index contributed by atoms with van der Waals surface area (Å²) < 4.78 is 0. The van der Waals surface area contributed by atoms with Crippen molar-refractivity contribution in [3.63, 3.8) is 0 Å². The Labute approximate surface area is 77.1 Å². The predicted octanol–water partition coefficient (Wildman–Crippen LogP) is 2.19. The third kappa shape index (κ3) is 3.55. The van der Waals surface area contributed by atoms with Crippen LogP contribution in [0, 0.1) is 0 Å². The minimum atomic E-state index is 0.749. The average molecular weight is 172 g/mol. The molecule has 0 spiro atoms. The van der Waals surface area contributed by atoms with Crippen molar-refractivity contribution in [2.24, 2.45) is 5.73 Å². The molecule has 1 unspecified atom stereocenters. The smallest absolute Gasteiger partial charge is 0.0457 e. The summed E-state index contributed by atoms with van der Waals surface area (Å²) in [6.07, 6.45) is 5.35. The standard InChI is InChI=1S/C8H18N2.C2H6/c1-2-8-5-3-4-6-10(8)7-9;1-2/h8H,2-7,9H2,1H3;1-2H3. The summed E-state index contributed by atoms with van der Waals surface area (Å²) in [6.45, 7) is 8.21. The van der Waals surface area contributed by atoms with E-state index in [1.807, 2.05) is 13.8 Å². The molecule has 1 rings (SSSR count). The molecule has 1 saturated heterocycles. The minimum absolute atomic E-state index is 0.749. The Morgan fingerprint density at radius 1 is 1.33 bits per heavy atom. The van der Waals surface area contributed by atoms with Crippen LogP contribution >= 0.6 is 0 Å². The van der Waals surface area contributed by atoms with Crippen LogP contribution in [0.2, 0.25) is 0 Å². The molecule has 74 valence electrons. The Morgan fingerprint density at radius 2 is 2.00 bits per heavy atom. The van der Waals surface area contributed by atoms with Crippen LogP contribution in [0.3, 0.4) is 0 Å². The Hall–Kier alpha value is -0.0800. The average Bonchev–Trinajstić information content (AvgIpc) is 2.20. The number of hydrogen-bond donors (Lipinski definition) is 1. The maximum absolute atomic E-state index is 5.60. The van der Waals surface area contributed by atoms with Crippen LogP contribution in [-0.2, 0) is 0 Å². The number of piperidine rings is 1. The van der Waals surface area contributed by atoms with Gasteiger partial charge < -0.3 is 5.73 Å². The van der Waals surface area contributed by atoms with Crippen LogP contribution in [0.4, 0.5) is 0 Å². The van der Waals surface area contributed by atoms with Gasteiger partial charge in [-0.25, -0.2) is 0 Å². The van der Waals surface area contributed by atoms with Gasteiger partial charge in [-0.15, -0.1) is 0 Å². The van der Waals surface area contributed by atoms with Gasteiger partial charge >= 0.3 is 0 Å². The van der Waals surface area contributed by atoms with Crippen LogP contribution < -0.4 is 5.73 Å². The summed E-state index contributed by atoms with van der Waals surface area (Å²) in [5.41, 5.74) is 5.60. The van der Waals surface area contributed by atoms with Gasteiger partial charge in [-0.05, 0) is 25.8 Å². The lowest BCUT2D eigenvalue weighted by Crippen LogP contribution is -2.42. The number of nitrogens with zero attached hydrogens (tertiary/aromatic N) is 1. The minimum Gasteiger partial charge on any atom is -0.318 e. The van der Waals surface area contributed by atoms with Crippen LogP contribution in [-0.4, -0.2) is 24.2 Å². The second-order valence-electron chi connectivity index (χ2n) is 3.05. The first kappa shape index (κ1) is 11.9. The quantitative estimate of drug-likeness (QED) is 0.692. The maximum Gasteiger partial charge on any atom is 0.0457 e. The Balaban J connectivity index is 0.000000561. The Morgan fingerprint density at radius 3 is 2.42 bits per heavy atom. The molecule has 0 aromatic heterocycles. The lowest BCUT2D eigenvalue weighted by molar-refractivity contribution is 0.148. The zero-order valence-electron chi connectivity index (χ0n) is 8.84. The lowest BCUT2D eigenvalue weighted by atomic mass is 10.0. The molecule has 0 aromatic carbocycles. The van der Waals surface area contributed by atoms with Crippen molar-refractivity contribution in [3.8, 4) is 0 Å². The molecule has 2 heteroatoms. The van der Waals surface area contributed by atoms with Crippen LogP contribution in [0.15, 0.2) is 0 Å². The third-order valence-corrected chi connectivity index (χ3v) is 2.45. The van der Waals surface area contributed by atoms with Gasteiger partial charge in [0.2, 0.25) is 0 Å². The summed E-state index contributed by atoms with van der Waals surface area (Å²) in [6, 6.07) is 0.777. The Kier molecular flexibility index (Phi) is 7.51. The summed E-state index contributed by atoms with van der Waals surface area (Å²) in [5, 5.41) is 0. The maximum atomic E-state index is 5.60. The van der Waals surface area contributed by atoms with E-state index in [1.54, 1.807) is 0 Å². The number of hydrogen-bond acceptors (Lipinski definition) is 2. The molecule has 0 aliphatic carbocycles. The molecule has 2 N–H and O–H groups in total. The van der Waals surface area contributed by atoms with Crippen molar-refractivity contribution < 1.29 is 0 Å². The van der Waals surface area contributed by atoms with E-state index in [2.05, 4.69) is 11.8 Å². The second kappa shape index (κ2) is 7.56. The highest BCUT2D eigenvalue weighted by Gasteiger charge is 2.18. The van der Waals surface area contributed by atoms with Gasteiger partial charge in [0.15, 0.2) is 0 Å². The molecular weight excluding hydrogens is 148 g/mol. The zero-order valence-corrected chi connectivity index (χ0v) is 8.84. The number of likely N-dealkylation sites (tertiary alicyclic amines) is 1. The number of rotatable bonds is 2. The molecule has 0 amide bonds. The van der Waals surface area contributed by atoms with Crippen molar-refractivity contribution in [3.05, 3.63) is 0 Å². The fourth-order valence-corrected chi connectivity index (χ4v) is 1.76. The SMILES string of the molecule is CC.CCC1CCCCN1CN. The third-order valence-electron chi connectivity index (χ3n) is 2.45. The molecule has 0 radical (unpaired) electrons. The summed E-state index contributed by atoms with van der Waals surface area (Å²) in [7, 11) is 0. The molecular formula is C10H24N2. The summed E-state index contributed by atoms with van der Waals surface area (Å²) in [5.74, 6) is 0. The first-order valence-corrected chi connectivity index (χ1v) is 5.32. The highest BCUT2D eigenvalue weighted by Crippen LogP contribution is 2.17. The fourth-order valence-electron chi connectivity index (χ4n) is 1.76. The molecule has 1 atom stereocenters. The zero-order chi connectivity index (χ0) is 9.40. The van der Waals surface area contributed by atoms with Gasteiger partial charge in [0.25, 0.3) is 0 Å². The van der Waals surface area contributed by atoms with Crippen molar-refractivity contribution in [1.29, 1.82) is 0 Å².